The summed E-state index contributed by atoms with van der Waals surface area (Å²) in [6.45, 7) is 2.51. The fourth-order valence-electron chi connectivity index (χ4n) is 3.86. The molecule has 0 aromatic heterocycles. The lowest BCUT2D eigenvalue weighted by molar-refractivity contribution is 1.11. The number of hydrogen-bond donors (Lipinski definition) is 0. The van der Waals surface area contributed by atoms with Crippen LogP contribution >= 0.6 is 0 Å². The highest BCUT2D eigenvalue weighted by Gasteiger charge is 2.31. The highest BCUT2D eigenvalue weighted by atomic mass is 28.3. The van der Waals surface area contributed by atoms with Crippen molar-refractivity contribution in [1.82, 2.24) is 0 Å². The average molecular weight is 353 g/mol. The predicted molar refractivity (Wildman–Crippen MR) is 116 cm³/mol. The summed E-state index contributed by atoms with van der Waals surface area (Å²) in [6, 6.07) is 39.0. The van der Waals surface area contributed by atoms with Gasteiger partial charge in [0.1, 0.15) is 8.07 Å². The second-order valence-corrected chi connectivity index (χ2v) is 11.6. The van der Waals surface area contributed by atoms with Crippen LogP contribution in [0, 0.1) is 0 Å². The maximum absolute atomic E-state index is 2.51. The Morgan fingerprint density at radius 1 is 0.577 bits per heavy atom. The fraction of sp³-hybridized carbons (Fsp3) is 0.120. The molecule has 0 amide bonds. The SMILES string of the molecule is C[Si](CCc1ccc2ccccc2c1)(c1ccccc1)c1ccccc1. The predicted octanol–water partition coefficient (Wildman–Crippen LogP) is 5.28. The van der Waals surface area contributed by atoms with Gasteiger partial charge in [-0.15, -0.1) is 0 Å². The van der Waals surface area contributed by atoms with Crippen molar-refractivity contribution < 1.29 is 0 Å². The van der Waals surface area contributed by atoms with Gasteiger partial charge in [-0.1, -0.05) is 120 Å². The molecular weight excluding hydrogens is 328 g/mol. The summed E-state index contributed by atoms with van der Waals surface area (Å²) in [6.07, 6.45) is 1.12. The van der Waals surface area contributed by atoms with E-state index in [1.54, 1.807) is 0 Å². The summed E-state index contributed by atoms with van der Waals surface area (Å²) in [5, 5.41) is 5.70. The maximum atomic E-state index is 2.51. The molecular formula is C25H24Si. The van der Waals surface area contributed by atoms with Crippen LogP contribution in [0.1, 0.15) is 5.56 Å². The van der Waals surface area contributed by atoms with Gasteiger partial charge in [0.05, 0.1) is 0 Å². The van der Waals surface area contributed by atoms with Gasteiger partial charge in [-0.2, -0.15) is 0 Å². The smallest absolute Gasteiger partial charge is 0.0626 e. The van der Waals surface area contributed by atoms with Gasteiger partial charge in [0.25, 0.3) is 0 Å². The van der Waals surface area contributed by atoms with Crippen LogP contribution in [0.5, 0.6) is 0 Å². The molecule has 0 radical (unpaired) electrons. The van der Waals surface area contributed by atoms with E-state index in [9.17, 15) is 0 Å². The van der Waals surface area contributed by atoms with Crippen LogP contribution in [-0.2, 0) is 6.42 Å². The summed E-state index contributed by atoms with van der Waals surface area (Å²) in [5.41, 5.74) is 1.44. The van der Waals surface area contributed by atoms with E-state index in [0.29, 0.717) is 0 Å². The molecule has 0 heterocycles. The number of aryl methyl sites for hydroxylation is 1. The van der Waals surface area contributed by atoms with Crippen LogP contribution in [0.4, 0.5) is 0 Å². The minimum absolute atomic E-state index is 1.12. The number of benzene rings is 4. The van der Waals surface area contributed by atoms with E-state index in [1.165, 1.54) is 32.8 Å². The molecule has 0 unspecified atom stereocenters. The molecule has 128 valence electrons. The van der Waals surface area contributed by atoms with Gasteiger partial charge in [0.2, 0.25) is 0 Å². The van der Waals surface area contributed by atoms with E-state index >= 15 is 0 Å². The molecule has 4 aromatic carbocycles. The first-order chi connectivity index (χ1) is 12.8. The monoisotopic (exact) mass is 352 g/mol. The third kappa shape index (κ3) is 3.36. The first-order valence-electron chi connectivity index (χ1n) is 9.34. The molecule has 4 aromatic rings. The Bertz CT molecular complexity index is 950. The van der Waals surface area contributed by atoms with Gasteiger partial charge in [-0.05, 0) is 28.8 Å². The average Bonchev–Trinajstić information content (AvgIpc) is 2.73. The molecule has 0 spiro atoms. The zero-order chi connectivity index (χ0) is 17.8. The van der Waals surface area contributed by atoms with Gasteiger partial charge in [0, 0.05) is 0 Å². The molecule has 0 saturated carbocycles. The Balaban J connectivity index is 1.66. The molecule has 0 atom stereocenters. The normalized spacial score (nSPS) is 11.6. The molecule has 0 aliphatic carbocycles. The number of rotatable bonds is 5. The Morgan fingerprint density at radius 3 is 1.73 bits per heavy atom. The summed E-state index contributed by atoms with van der Waals surface area (Å²) >= 11 is 0. The molecule has 0 fully saturated rings. The highest BCUT2D eigenvalue weighted by Crippen LogP contribution is 2.20. The van der Waals surface area contributed by atoms with E-state index in [4.69, 9.17) is 0 Å². The van der Waals surface area contributed by atoms with Crippen molar-refractivity contribution in [2.24, 2.45) is 0 Å². The maximum Gasteiger partial charge on any atom is 0.115 e. The van der Waals surface area contributed by atoms with Crippen LogP contribution in [-0.4, -0.2) is 8.07 Å². The molecule has 4 rings (SSSR count). The third-order valence-corrected chi connectivity index (χ3v) is 10.0. The summed E-state index contributed by atoms with van der Waals surface area (Å²) < 4.78 is 0. The highest BCUT2D eigenvalue weighted by molar-refractivity contribution is 7.01. The topological polar surface area (TPSA) is 0 Å². The van der Waals surface area contributed by atoms with E-state index in [-0.39, 0.29) is 0 Å². The zero-order valence-electron chi connectivity index (χ0n) is 15.2. The summed E-state index contributed by atoms with van der Waals surface area (Å²) in [7, 11) is -1.75. The number of hydrogen-bond acceptors (Lipinski definition) is 0. The summed E-state index contributed by atoms with van der Waals surface area (Å²) in [5.74, 6) is 0. The van der Waals surface area contributed by atoms with Crippen molar-refractivity contribution >= 4 is 29.2 Å². The minimum atomic E-state index is -1.75. The second-order valence-electron chi connectivity index (χ2n) is 7.25. The Hall–Kier alpha value is -2.64. The standard InChI is InChI=1S/C25H24Si/c1-26(24-12-4-2-5-13-24,25-14-6-3-7-15-25)19-18-21-16-17-22-10-8-9-11-23(22)20-21/h2-17,20H,18-19H2,1H3. The lowest BCUT2D eigenvalue weighted by Gasteiger charge is -2.29. The molecule has 1 heteroatoms. The van der Waals surface area contributed by atoms with Crippen molar-refractivity contribution in [2.75, 3.05) is 0 Å². The lowest BCUT2D eigenvalue weighted by Crippen LogP contribution is -2.55. The Kier molecular flexibility index (Phi) is 4.72. The van der Waals surface area contributed by atoms with Gasteiger partial charge < -0.3 is 0 Å². The van der Waals surface area contributed by atoms with Gasteiger partial charge in [0.15, 0.2) is 0 Å². The Labute approximate surface area is 157 Å². The first-order valence-corrected chi connectivity index (χ1v) is 12.1. The third-order valence-electron chi connectivity index (χ3n) is 5.55. The minimum Gasteiger partial charge on any atom is -0.0626 e. The van der Waals surface area contributed by atoms with E-state index in [0.717, 1.165) is 6.42 Å². The fourth-order valence-corrected chi connectivity index (χ4v) is 7.41. The van der Waals surface area contributed by atoms with Crippen LogP contribution in [0.3, 0.4) is 0 Å². The molecule has 0 nitrogen and oxygen atoms in total. The Morgan fingerprint density at radius 2 is 1.12 bits per heavy atom. The van der Waals surface area contributed by atoms with Crippen molar-refractivity contribution in [3.8, 4) is 0 Å². The van der Waals surface area contributed by atoms with Crippen molar-refractivity contribution in [2.45, 2.75) is 19.0 Å². The molecule has 0 aliphatic heterocycles. The second kappa shape index (κ2) is 7.31. The van der Waals surface area contributed by atoms with Gasteiger partial charge in [-0.3, -0.25) is 0 Å². The molecule has 26 heavy (non-hydrogen) atoms. The first kappa shape index (κ1) is 16.8. The quantitative estimate of drug-likeness (QED) is 0.429. The van der Waals surface area contributed by atoms with Crippen molar-refractivity contribution in [3.05, 3.63) is 109 Å². The van der Waals surface area contributed by atoms with Gasteiger partial charge in [-0.25, -0.2) is 0 Å². The zero-order valence-corrected chi connectivity index (χ0v) is 16.2. The largest absolute Gasteiger partial charge is 0.115 e. The van der Waals surface area contributed by atoms with Gasteiger partial charge >= 0.3 is 0 Å². The molecule has 0 aliphatic rings. The molecule has 0 N–H and O–H groups in total. The van der Waals surface area contributed by atoms with E-state index < -0.39 is 8.07 Å². The summed E-state index contributed by atoms with van der Waals surface area (Å²) in [4.78, 5) is 0. The van der Waals surface area contributed by atoms with Crippen LogP contribution in [0.2, 0.25) is 12.6 Å². The van der Waals surface area contributed by atoms with E-state index in [2.05, 4.69) is 110 Å². The van der Waals surface area contributed by atoms with Crippen LogP contribution in [0.15, 0.2) is 103 Å². The molecule has 0 bridgehead atoms. The van der Waals surface area contributed by atoms with Crippen molar-refractivity contribution in [3.63, 3.8) is 0 Å². The van der Waals surface area contributed by atoms with Crippen molar-refractivity contribution in [1.29, 1.82) is 0 Å². The van der Waals surface area contributed by atoms with Crippen LogP contribution < -0.4 is 10.4 Å². The number of fused-ring (bicyclic) bond motifs is 1. The van der Waals surface area contributed by atoms with Crippen LogP contribution in [0.25, 0.3) is 10.8 Å². The van der Waals surface area contributed by atoms with E-state index in [1.807, 2.05) is 0 Å². The molecule has 0 saturated heterocycles. The lowest BCUT2D eigenvalue weighted by atomic mass is 10.1.